The quantitative estimate of drug-likeness (QED) is 0.180. The minimum absolute atomic E-state index is 0.609. The molecule has 274 valence electrons. The van der Waals surface area contributed by atoms with Crippen LogP contribution in [0.4, 0.5) is 0 Å². The molecule has 13 rings (SSSR count). The Hall–Kier alpha value is -8.02. The van der Waals surface area contributed by atoms with E-state index in [1.54, 1.807) is 0 Å². The van der Waals surface area contributed by atoms with Crippen molar-refractivity contribution in [3.63, 3.8) is 0 Å². The Morgan fingerprint density at radius 1 is 0.407 bits per heavy atom. The van der Waals surface area contributed by atoms with Gasteiger partial charge in [-0.3, -0.25) is 4.57 Å². The molecule has 0 saturated heterocycles. The van der Waals surface area contributed by atoms with Crippen LogP contribution in [-0.2, 0) is 0 Å². The van der Waals surface area contributed by atoms with Gasteiger partial charge in [-0.1, -0.05) is 152 Å². The summed E-state index contributed by atoms with van der Waals surface area (Å²) in [6.45, 7) is 0. The summed E-state index contributed by atoms with van der Waals surface area (Å²) in [7, 11) is 0. The fraction of sp³-hybridized carbons (Fsp3) is 0. The van der Waals surface area contributed by atoms with Gasteiger partial charge in [0.05, 0.1) is 38.7 Å². The lowest BCUT2D eigenvalue weighted by molar-refractivity contribution is 0.673. The SMILES string of the molecule is c1ccc(-c2nc(-n3c4c(-c5ccc(-n6c7ccccc7c7ccccc76)cc5)cc5c6ccccc6oc5c4c4ccc5ccccc5c43)nc3ccccc23)cc1. The highest BCUT2D eigenvalue weighted by molar-refractivity contribution is 6.30. The zero-order valence-electron chi connectivity index (χ0n) is 31.7. The van der Waals surface area contributed by atoms with Gasteiger partial charge in [-0.15, -0.1) is 0 Å². The fourth-order valence-corrected chi connectivity index (χ4v) is 9.53. The number of rotatable bonds is 4. The minimum atomic E-state index is 0.609. The predicted molar refractivity (Wildman–Crippen MR) is 244 cm³/mol. The van der Waals surface area contributed by atoms with Gasteiger partial charge in [-0.05, 0) is 53.4 Å². The third kappa shape index (κ3) is 4.61. The van der Waals surface area contributed by atoms with Crippen LogP contribution in [0.5, 0.6) is 0 Å². The lowest BCUT2D eigenvalue weighted by atomic mass is 9.97. The first kappa shape index (κ1) is 32.1. The number of benzene rings is 9. The van der Waals surface area contributed by atoms with Gasteiger partial charge >= 0.3 is 0 Å². The highest BCUT2D eigenvalue weighted by atomic mass is 16.3. The van der Waals surface area contributed by atoms with Crippen LogP contribution in [-0.4, -0.2) is 19.1 Å². The van der Waals surface area contributed by atoms with Crippen LogP contribution in [0.1, 0.15) is 0 Å². The van der Waals surface area contributed by atoms with Crippen LogP contribution >= 0.6 is 0 Å². The molecule has 0 bridgehead atoms. The van der Waals surface area contributed by atoms with E-state index in [1.807, 2.05) is 12.1 Å². The summed E-state index contributed by atoms with van der Waals surface area (Å²) in [6.07, 6.45) is 0. The average Bonchev–Trinajstić information content (AvgIpc) is 3.97. The van der Waals surface area contributed by atoms with E-state index < -0.39 is 0 Å². The number of aromatic nitrogens is 4. The third-order valence-electron chi connectivity index (χ3n) is 12.1. The Balaban J connectivity index is 1.17. The number of nitrogens with zero attached hydrogens (tertiary/aromatic N) is 4. The van der Waals surface area contributed by atoms with Crippen molar-refractivity contribution >= 4 is 87.2 Å². The molecule has 4 aromatic heterocycles. The zero-order valence-corrected chi connectivity index (χ0v) is 31.7. The van der Waals surface area contributed by atoms with E-state index >= 15 is 0 Å². The Morgan fingerprint density at radius 2 is 1.05 bits per heavy atom. The van der Waals surface area contributed by atoms with Crippen LogP contribution < -0.4 is 0 Å². The van der Waals surface area contributed by atoms with Gasteiger partial charge < -0.3 is 8.98 Å². The predicted octanol–water partition coefficient (Wildman–Crippen LogP) is 14.2. The number of para-hydroxylation sites is 4. The van der Waals surface area contributed by atoms with Crippen molar-refractivity contribution < 1.29 is 4.42 Å². The molecule has 9 aromatic carbocycles. The molecular weight excluding hydrogens is 721 g/mol. The van der Waals surface area contributed by atoms with Gasteiger partial charge in [0.25, 0.3) is 0 Å². The van der Waals surface area contributed by atoms with E-state index in [4.69, 9.17) is 14.4 Å². The van der Waals surface area contributed by atoms with Crippen LogP contribution in [0.25, 0.3) is 121 Å². The molecule has 0 fully saturated rings. The number of furan rings is 1. The van der Waals surface area contributed by atoms with Crippen molar-refractivity contribution in [2.24, 2.45) is 0 Å². The Kier molecular flexibility index (Phi) is 6.66. The molecule has 5 heteroatoms. The zero-order chi connectivity index (χ0) is 38.6. The Morgan fingerprint density at radius 3 is 1.83 bits per heavy atom. The molecule has 0 aliphatic heterocycles. The first-order valence-corrected chi connectivity index (χ1v) is 20.0. The van der Waals surface area contributed by atoms with Crippen LogP contribution in [0.2, 0.25) is 0 Å². The normalized spacial score (nSPS) is 12.1. The molecule has 13 aromatic rings. The largest absolute Gasteiger partial charge is 0.455 e. The molecule has 0 spiro atoms. The summed E-state index contributed by atoms with van der Waals surface area (Å²) in [5.74, 6) is 0.609. The molecule has 0 aliphatic rings. The van der Waals surface area contributed by atoms with E-state index in [1.165, 1.54) is 21.8 Å². The summed E-state index contributed by atoms with van der Waals surface area (Å²) in [5.41, 5.74) is 12.2. The second-order valence-corrected chi connectivity index (χ2v) is 15.3. The van der Waals surface area contributed by atoms with Gasteiger partial charge in [-0.25, -0.2) is 9.97 Å². The standard InChI is InChI=1S/C54H32N4O/c1-2-15-35(16-3-1)50-41-21-6-10-22-45(41)55-54(56-50)58-51-37-17-5-4-14-33(37)28-31-42(51)49-52(58)43(32-44-40-20-9-13-25-48(40)59-53(44)49)34-26-29-36(30-27-34)57-46-23-11-7-18-38(46)39-19-8-12-24-47(39)57/h1-32H. The lowest BCUT2D eigenvalue weighted by Gasteiger charge is -2.15. The van der Waals surface area contributed by atoms with Gasteiger partial charge in [0, 0.05) is 54.5 Å². The molecule has 4 heterocycles. The van der Waals surface area contributed by atoms with Crippen molar-refractivity contribution in [2.45, 2.75) is 0 Å². The van der Waals surface area contributed by atoms with Crippen molar-refractivity contribution in [1.82, 2.24) is 19.1 Å². The smallest absolute Gasteiger partial charge is 0.235 e. The van der Waals surface area contributed by atoms with E-state index in [-0.39, 0.29) is 0 Å². The topological polar surface area (TPSA) is 48.8 Å². The number of hydrogen-bond acceptors (Lipinski definition) is 3. The molecular formula is C54H32N4O. The monoisotopic (exact) mass is 752 g/mol. The second-order valence-electron chi connectivity index (χ2n) is 15.3. The molecule has 0 atom stereocenters. The van der Waals surface area contributed by atoms with Crippen LogP contribution in [0.15, 0.2) is 199 Å². The maximum atomic E-state index is 6.88. The van der Waals surface area contributed by atoms with E-state index in [9.17, 15) is 0 Å². The first-order chi connectivity index (χ1) is 29.3. The van der Waals surface area contributed by atoms with Crippen molar-refractivity contribution in [3.05, 3.63) is 194 Å². The van der Waals surface area contributed by atoms with Crippen molar-refractivity contribution in [1.29, 1.82) is 0 Å². The maximum absolute atomic E-state index is 6.88. The maximum Gasteiger partial charge on any atom is 0.235 e. The summed E-state index contributed by atoms with van der Waals surface area (Å²) < 4.78 is 11.6. The molecule has 0 amide bonds. The third-order valence-corrected chi connectivity index (χ3v) is 12.1. The number of fused-ring (bicyclic) bond motifs is 13. The Labute approximate surface area is 337 Å². The first-order valence-electron chi connectivity index (χ1n) is 20.0. The highest BCUT2D eigenvalue weighted by Gasteiger charge is 2.26. The summed E-state index contributed by atoms with van der Waals surface area (Å²) in [6, 6.07) is 68.8. The molecule has 59 heavy (non-hydrogen) atoms. The summed E-state index contributed by atoms with van der Waals surface area (Å²) in [5, 5.41) is 10.1. The van der Waals surface area contributed by atoms with Crippen LogP contribution in [0.3, 0.4) is 0 Å². The second kappa shape index (κ2) is 12.2. The Bertz CT molecular complexity index is 3780. The van der Waals surface area contributed by atoms with Crippen molar-refractivity contribution in [2.75, 3.05) is 0 Å². The average molecular weight is 753 g/mol. The highest BCUT2D eigenvalue weighted by Crippen LogP contribution is 2.47. The van der Waals surface area contributed by atoms with Crippen molar-refractivity contribution in [3.8, 4) is 34.0 Å². The van der Waals surface area contributed by atoms with Gasteiger partial charge in [0.2, 0.25) is 5.95 Å². The van der Waals surface area contributed by atoms with Gasteiger partial charge in [-0.2, -0.15) is 0 Å². The molecule has 0 radical (unpaired) electrons. The van der Waals surface area contributed by atoms with Gasteiger partial charge in [0.1, 0.15) is 11.2 Å². The van der Waals surface area contributed by atoms with Crippen LogP contribution in [0, 0.1) is 0 Å². The summed E-state index contributed by atoms with van der Waals surface area (Å²) in [4.78, 5) is 10.9. The van der Waals surface area contributed by atoms with E-state index in [0.29, 0.717) is 5.95 Å². The number of hydrogen-bond donors (Lipinski definition) is 0. The van der Waals surface area contributed by atoms with Gasteiger partial charge in [0.15, 0.2) is 0 Å². The molecule has 0 saturated carbocycles. The lowest BCUT2D eigenvalue weighted by Crippen LogP contribution is -2.04. The minimum Gasteiger partial charge on any atom is -0.455 e. The summed E-state index contributed by atoms with van der Waals surface area (Å²) >= 11 is 0. The molecule has 0 aliphatic carbocycles. The molecule has 0 N–H and O–H groups in total. The fourth-order valence-electron chi connectivity index (χ4n) is 9.53. The van der Waals surface area contributed by atoms with E-state index in [2.05, 4.69) is 191 Å². The molecule has 5 nitrogen and oxygen atoms in total. The molecule has 0 unspecified atom stereocenters. The van der Waals surface area contributed by atoms with E-state index in [0.717, 1.165) is 93.5 Å².